The minimum absolute atomic E-state index is 0.280. The fraction of sp³-hybridized carbons (Fsp3) is 0.188. The normalized spacial score (nSPS) is 11.9. The number of ether oxygens (including phenoxy) is 1. The van der Waals surface area contributed by atoms with Gasteiger partial charge in [-0.2, -0.15) is 0 Å². The van der Waals surface area contributed by atoms with E-state index in [1.54, 1.807) is 6.92 Å². The van der Waals surface area contributed by atoms with Crippen molar-refractivity contribution in [1.82, 2.24) is 0 Å². The van der Waals surface area contributed by atoms with Crippen LogP contribution in [0.5, 0.6) is 5.75 Å². The first-order chi connectivity index (χ1) is 10.4. The van der Waals surface area contributed by atoms with E-state index in [1.165, 1.54) is 18.2 Å². The van der Waals surface area contributed by atoms with E-state index in [2.05, 4.69) is 37.2 Å². The number of nitrogens with one attached hydrogen (secondary N) is 1. The van der Waals surface area contributed by atoms with Gasteiger partial charge < -0.3 is 10.1 Å². The van der Waals surface area contributed by atoms with Crippen LogP contribution in [0.1, 0.15) is 12.5 Å². The summed E-state index contributed by atoms with van der Waals surface area (Å²) in [7, 11) is 0. The van der Waals surface area contributed by atoms with Crippen molar-refractivity contribution in [3.8, 4) is 5.75 Å². The Balaban J connectivity index is 2.07. The van der Waals surface area contributed by atoms with Crippen LogP contribution in [-0.2, 0) is 4.79 Å². The third-order valence-corrected chi connectivity index (χ3v) is 4.14. The largest absolute Gasteiger partial charge is 0.480 e. The molecule has 1 amide bonds. The minimum Gasteiger partial charge on any atom is -0.480 e. The summed E-state index contributed by atoms with van der Waals surface area (Å²) in [4.78, 5) is 12.2. The molecule has 0 radical (unpaired) electrons. The van der Waals surface area contributed by atoms with E-state index < -0.39 is 6.10 Å². The zero-order chi connectivity index (χ0) is 16.3. The van der Waals surface area contributed by atoms with Crippen LogP contribution < -0.4 is 10.1 Å². The lowest BCUT2D eigenvalue weighted by atomic mass is 10.2. The van der Waals surface area contributed by atoms with Gasteiger partial charge in [0.15, 0.2) is 6.10 Å². The van der Waals surface area contributed by atoms with Crippen molar-refractivity contribution in [2.24, 2.45) is 0 Å². The molecule has 2 rings (SSSR count). The molecule has 0 saturated carbocycles. The minimum atomic E-state index is -0.722. The number of aryl methyl sites for hydroxylation is 1. The topological polar surface area (TPSA) is 38.3 Å². The monoisotopic (exact) mass is 429 g/mol. The molecular formula is C16H14Br2FNO2. The molecule has 2 aromatic carbocycles. The SMILES string of the molecule is Cc1ccc(Br)cc1NC(=O)C(C)Oc1ccc(F)cc1Br. The van der Waals surface area contributed by atoms with Gasteiger partial charge in [0, 0.05) is 10.2 Å². The summed E-state index contributed by atoms with van der Waals surface area (Å²) in [5.41, 5.74) is 1.67. The molecule has 1 N–H and O–H groups in total. The van der Waals surface area contributed by atoms with E-state index in [0.717, 1.165) is 10.0 Å². The van der Waals surface area contributed by atoms with Gasteiger partial charge in [0.2, 0.25) is 0 Å². The van der Waals surface area contributed by atoms with Gasteiger partial charge in [-0.3, -0.25) is 4.79 Å². The maximum Gasteiger partial charge on any atom is 0.265 e. The second-order valence-corrected chi connectivity index (χ2v) is 6.55. The average molecular weight is 431 g/mol. The lowest BCUT2D eigenvalue weighted by molar-refractivity contribution is -0.122. The van der Waals surface area contributed by atoms with Crippen molar-refractivity contribution >= 4 is 43.5 Å². The number of amides is 1. The van der Waals surface area contributed by atoms with Crippen LogP contribution in [0, 0.1) is 12.7 Å². The third kappa shape index (κ3) is 4.30. The molecule has 3 nitrogen and oxygen atoms in total. The van der Waals surface area contributed by atoms with Crippen molar-refractivity contribution in [3.63, 3.8) is 0 Å². The first-order valence-electron chi connectivity index (χ1n) is 6.55. The second kappa shape index (κ2) is 7.24. The molecular weight excluding hydrogens is 417 g/mol. The van der Waals surface area contributed by atoms with Crippen molar-refractivity contribution in [1.29, 1.82) is 0 Å². The lowest BCUT2D eigenvalue weighted by Crippen LogP contribution is -2.30. The van der Waals surface area contributed by atoms with E-state index in [0.29, 0.717) is 15.9 Å². The van der Waals surface area contributed by atoms with Gasteiger partial charge in [0.25, 0.3) is 5.91 Å². The molecule has 1 unspecified atom stereocenters. The lowest BCUT2D eigenvalue weighted by Gasteiger charge is -2.16. The highest BCUT2D eigenvalue weighted by Gasteiger charge is 2.17. The first-order valence-corrected chi connectivity index (χ1v) is 8.14. The summed E-state index contributed by atoms with van der Waals surface area (Å²) < 4.78 is 20.0. The van der Waals surface area contributed by atoms with Crippen LogP contribution in [-0.4, -0.2) is 12.0 Å². The second-order valence-electron chi connectivity index (χ2n) is 4.78. The Morgan fingerprint density at radius 3 is 2.64 bits per heavy atom. The number of halogens is 3. The van der Waals surface area contributed by atoms with E-state index in [4.69, 9.17) is 4.74 Å². The zero-order valence-electron chi connectivity index (χ0n) is 12.0. The fourth-order valence-corrected chi connectivity index (χ4v) is 2.58. The summed E-state index contributed by atoms with van der Waals surface area (Å²) >= 11 is 6.58. The molecule has 6 heteroatoms. The van der Waals surface area contributed by atoms with E-state index in [9.17, 15) is 9.18 Å². The van der Waals surface area contributed by atoms with Gasteiger partial charge >= 0.3 is 0 Å². The van der Waals surface area contributed by atoms with Gasteiger partial charge in [-0.25, -0.2) is 4.39 Å². The standard InChI is InChI=1S/C16H14Br2FNO2/c1-9-3-4-11(17)7-14(9)20-16(21)10(2)22-15-6-5-12(19)8-13(15)18/h3-8,10H,1-2H3,(H,20,21). The molecule has 116 valence electrons. The Kier molecular flexibility index (Phi) is 5.58. The summed E-state index contributed by atoms with van der Waals surface area (Å²) in [5, 5.41) is 2.82. The Labute approximate surface area is 145 Å². The molecule has 0 aliphatic carbocycles. The van der Waals surface area contributed by atoms with E-state index >= 15 is 0 Å². The Bertz CT molecular complexity index is 707. The van der Waals surface area contributed by atoms with Gasteiger partial charge in [-0.05, 0) is 65.7 Å². The molecule has 2 aromatic rings. The number of hydrogen-bond acceptors (Lipinski definition) is 2. The van der Waals surface area contributed by atoms with E-state index in [1.807, 2.05) is 25.1 Å². The molecule has 22 heavy (non-hydrogen) atoms. The zero-order valence-corrected chi connectivity index (χ0v) is 15.2. The predicted molar refractivity (Wildman–Crippen MR) is 91.7 cm³/mol. The maximum absolute atomic E-state index is 13.0. The van der Waals surface area contributed by atoms with Gasteiger partial charge in [0.05, 0.1) is 4.47 Å². The van der Waals surface area contributed by atoms with Crippen molar-refractivity contribution in [2.45, 2.75) is 20.0 Å². The molecule has 0 spiro atoms. The van der Waals surface area contributed by atoms with Crippen LogP contribution in [0.25, 0.3) is 0 Å². The number of carbonyl (C=O) groups excluding carboxylic acids is 1. The van der Waals surface area contributed by atoms with Gasteiger partial charge in [-0.1, -0.05) is 22.0 Å². The maximum atomic E-state index is 13.0. The molecule has 0 saturated heterocycles. The molecule has 0 bridgehead atoms. The smallest absolute Gasteiger partial charge is 0.265 e. The summed E-state index contributed by atoms with van der Waals surface area (Å²) in [6.45, 7) is 3.54. The molecule has 0 aliphatic heterocycles. The number of hydrogen-bond donors (Lipinski definition) is 1. The Hall–Kier alpha value is -1.40. The molecule has 0 aliphatic rings. The summed E-state index contributed by atoms with van der Waals surface area (Å²) in [6.07, 6.45) is -0.722. The highest BCUT2D eigenvalue weighted by atomic mass is 79.9. The van der Waals surface area contributed by atoms with Crippen LogP contribution in [0.2, 0.25) is 0 Å². The van der Waals surface area contributed by atoms with Crippen molar-refractivity contribution < 1.29 is 13.9 Å². The third-order valence-electron chi connectivity index (χ3n) is 3.02. The number of rotatable bonds is 4. The van der Waals surface area contributed by atoms with Crippen molar-refractivity contribution in [2.75, 3.05) is 5.32 Å². The van der Waals surface area contributed by atoms with Crippen LogP contribution in [0.15, 0.2) is 45.3 Å². The quantitative estimate of drug-likeness (QED) is 0.735. The van der Waals surface area contributed by atoms with E-state index in [-0.39, 0.29) is 11.7 Å². The fourth-order valence-electron chi connectivity index (χ4n) is 1.78. The Morgan fingerprint density at radius 1 is 1.23 bits per heavy atom. The average Bonchev–Trinajstić information content (AvgIpc) is 2.45. The summed E-state index contributed by atoms with van der Waals surface area (Å²) in [5.74, 6) is -0.242. The molecule has 1 atom stereocenters. The number of carbonyl (C=O) groups is 1. The molecule has 0 fully saturated rings. The predicted octanol–water partition coefficient (Wildman–Crippen LogP) is 5.07. The highest BCUT2D eigenvalue weighted by molar-refractivity contribution is 9.10. The van der Waals surface area contributed by atoms with Gasteiger partial charge in [-0.15, -0.1) is 0 Å². The van der Waals surface area contributed by atoms with Crippen LogP contribution in [0.3, 0.4) is 0 Å². The number of benzene rings is 2. The molecule has 0 aromatic heterocycles. The highest BCUT2D eigenvalue weighted by Crippen LogP contribution is 2.27. The first kappa shape index (κ1) is 17.0. The van der Waals surface area contributed by atoms with Gasteiger partial charge in [0.1, 0.15) is 11.6 Å². The molecule has 0 heterocycles. The van der Waals surface area contributed by atoms with Crippen molar-refractivity contribution in [3.05, 3.63) is 56.7 Å². The summed E-state index contributed by atoms with van der Waals surface area (Å²) in [6, 6.07) is 9.69. The Morgan fingerprint density at radius 2 is 1.95 bits per heavy atom. The van der Waals surface area contributed by atoms with Crippen LogP contribution in [0.4, 0.5) is 10.1 Å². The number of anilines is 1. The van der Waals surface area contributed by atoms with Crippen LogP contribution >= 0.6 is 31.9 Å².